The number of amides is 2. The molecule has 0 saturated carbocycles. The van der Waals surface area contributed by atoms with E-state index in [9.17, 15) is 9.59 Å². The van der Waals surface area contributed by atoms with Crippen molar-refractivity contribution in [2.75, 3.05) is 33.2 Å². The normalized spacial score (nSPS) is 13.8. The minimum absolute atomic E-state index is 0. The molecule has 2 amide bonds. The average molecular weight is 312 g/mol. The third-order valence-corrected chi connectivity index (χ3v) is 3.61. The molecular formula is C15H22ClN3O2. The standard InChI is InChI=1S/C15H21N3O2.ClH/c1-3-18(2)15(20)13-6-4-5-12(7-13)14(19)17-10-11-8-16-9-11;/h4-7,11,16H,3,8-10H2,1-2H3,(H,17,19);1H. The second kappa shape index (κ2) is 8.00. The van der Waals surface area contributed by atoms with Gasteiger partial charge in [-0.25, -0.2) is 0 Å². The van der Waals surface area contributed by atoms with Crippen LogP contribution in [0, 0.1) is 5.92 Å². The summed E-state index contributed by atoms with van der Waals surface area (Å²) in [7, 11) is 1.75. The van der Waals surface area contributed by atoms with Gasteiger partial charge in [0.2, 0.25) is 0 Å². The Labute approximate surface area is 131 Å². The van der Waals surface area contributed by atoms with Gasteiger partial charge in [0.15, 0.2) is 0 Å². The van der Waals surface area contributed by atoms with Crippen LogP contribution in [-0.2, 0) is 0 Å². The van der Waals surface area contributed by atoms with Crippen LogP contribution < -0.4 is 10.6 Å². The first-order valence-corrected chi connectivity index (χ1v) is 6.96. The number of carbonyl (C=O) groups excluding carboxylic acids is 2. The van der Waals surface area contributed by atoms with Crippen LogP contribution in [0.2, 0.25) is 0 Å². The van der Waals surface area contributed by atoms with Crippen LogP contribution in [0.4, 0.5) is 0 Å². The minimum Gasteiger partial charge on any atom is -0.352 e. The van der Waals surface area contributed by atoms with Crippen LogP contribution in [0.5, 0.6) is 0 Å². The smallest absolute Gasteiger partial charge is 0.253 e. The van der Waals surface area contributed by atoms with E-state index in [0.717, 1.165) is 13.1 Å². The zero-order valence-electron chi connectivity index (χ0n) is 12.4. The van der Waals surface area contributed by atoms with Crippen LogP contribution in [-0.4, -0.2) is 49.9 Å². The first-order chi connectivity index (χ1) is 9.61. The van der Waals surface area contributed by atoms with Gasteiger partial charge in [0.05, 0.1) is 0 Å². The lowest BCUT2D eigenvalue weighted by molar-refractivity contribution is 0.0802. The number of nitrogens with one attached hydrogen (secondary N) is 2. The Morgan fingerprint density at radius 3 is 2.57 bits per heavy atom. The monoisotopic (exact) mass is 311 g/mol. The number of benzene rings is 1. The van der Waals surface area contributed by atoms with Crippen molar-refractivity contribution in [1.82, 2.24) is 15.5 Å². The lowest BCUT2D eigenvalue weighted by Crippen LogP contribution is -2.48. The Morgan fingerprint density at radius 1 is 1.33 bits per heavy atom. The van der Waals surface area contributed by atoms with E-state index in [1.54, 1.807) is 36.2 Å². The lowest BCUT2D eigenvalue weighted by Gasteiger charge is -2.27. The predicted molar refractivity (Wildman–Crippen MR) is 85.0 cm³/mol. The maximum Gasteiger partial charge on any atom is 0.253 e. The number of hydrogen-bond donors (Lipinski definition) is 2. The molecule has 0 aromatic heterocycles. The summed E-state index contributed by atoms with van der Waals surface area (Å²) in [6.45, 7) is 5.16. The van der Waals surface area contributed by atoms with Gasteiger partial charge in [-0.1, -0.05) is 6.07 Å². The molecule has 1 aliphatic heterocycles. The zero-order chi connectivity index (χ0) is 14.5. The molecule has 1 aromatic rings. The first kappa shape index (κ1) is 17.5. The fraction of sp³-hybridized carbons (Fsp3) is 0.467. The molecule has 1 heterocycles. The largest absolute Gasteiger partial charge is 0.352 e. The Morgan fingerprint density at radius 2 is 2.00 bits per heavy atom. The maximum atomic E-state index is 12.1. The molecule has 0 atom stereocenters. The van der Waals surface area contributed by atoms with Crippen molar-refractivity contribution in [3.63, 3.8) is 0 Å². The van der Waals surface area contributed by atoms with Crippen LogP contribution in [0.25, 0.3) is 0 Å². The number of carbonyl (C=O) groups is 2. The molecule has 21 heavy (non-hydrogen) atoms. The highest BCUT2D eigenvalue weighted by molar-refractivity contribution is 5.99. The molecule has 1 fully saturated rings. The molecule has 1 aliphatic rings. The number of halogens is 1. The highest BCUT2D eigenvalue weighted by Gasteiger charge is 2.18. The fourth-order valence-corrected chi connectivity index (χ4v) is 1.99. The summed E-state index contributed by atoms with van der Waals surface area (Å²) < 4.78 is 0. The molecule has 6 heteroatoms. The van der Waals surface area contributed by atoms with E-state index in [4.69, 9.17) is 0 Å². The molecule has 1 saturated heterocycles. The molecule has 2 rings (SSSR count). The van der Waals surface area contributed by atoms with Gasteiger partial charge < -0.3 is 15.5 Å². The molecule has 116 valence electrons. The summed E-state index contributed by atoms with van der Waals surface area (Å²) in [5.74, 6) is 0.339. The molecular weight excluding hydrogens is 290 g/mol. The van der Waals surface area contributed by atoms with Crippen LogP contribution in [0.1, 0.15) is 27.6 Å². The molecule has 0 radical (unpaired) electrons. The number of rotatable bonds is 5. The molecule has 0 aliphatic carbocycles. The topological polar surface area (TPSA) is 61.4 Å². The molecule has 0 spiro atoms. The molecule has 0 bridgehead atoms. The highest BCUT2D eigenvalue weighted by Crippen LogP contribution is 2.08. The van der Waals surface area contributed by atoms with Crippen molar-refractivity contribution in [2.45, 2.75) is 6.92 Å². The summed E-state index contributed by atoms with van der Waals surface area (Å²) in [5.41, 5.74) is 1.08. The third-order valence-electron chi connectivity index (χ3n) is 3.61. The van der Waals surface area contributed by atoms with E-state index in [-0.39, 0.29) is 24.2 Å². The van der Waals surface area contributed by atoms with E-state index in [1.165, 1.54) is 0 Å². The van der Waals surface area contributed by atoms with E-state index in [1.807, 2.05) is 6.92 Å². The van der Waals surface area contributed by atoms with Crippen molar-refractivity contribution in [1.29, 1.82) is 0 Å². The second-order valence-electron chi connectivity index (χ2n) is 5.13. The van der Waals surface area contributed by atoms with E-state index in [2.05, 4.69) is 10.6 Å². The van der Waals surface area contributed by atoms with Gasteiger partial charge in [0.1, 0.15) is 0 Å². The van der Waals surface area contributed by atoms with Gasteiger partial charge in [-0.2, -0.15) is 0 Å². The maximum absolute atomic E-state index is 12.1. The Hall–Kier alpha value is -1.59. The lowest BCUT2D eigenvalue weighted by atomic mass is 10.0. The predicted octanol–water partition coefficient (Wildman–Crippen LogP) is 1.15. The summed E-state index contributed by atoms with van der Waals surface area (Å²) >= 11 is 0. The van der Waals surface area contributed by atoms with Crippen LogP contribution in [0.3, 0.4) is 0 Å². The van der Waals surface area contributed by atoms with Crippen molar-refractivity contribution >= 4 is 24.2 Å². The van der Waals surface area contributed by atoms with Gasteiger partial charge in [-0.05, 0) is 25.1 Å². The van der Waals surface area contributed by atoms with Gasteiger partial charge in [-0.3, -0.25) is 9.59 Å². The van der Waals surface area contributed by atoms with Crippen molar-refractivity contribution in [2.24, 2.45) is 5.92 Å². The summed E-state index contributed by atoms with van der Waals surface area (Å²) in [4.78, 5) is 25.7. The number of hydrogen-bond acceptors (Lipinski definition) is 3. The fourth-order valence-electron chi connectivity index (χ4n) is 1.99. The van der Waals surface area contributed by atoms with Gasteiger partial charge >= 0.3 is 0 Å². The summed E-state index contributed by atoms with van der Waals surface area (Å²) in [6.07, 6.45) is 0. The van der Waals surface area contributed by atoms with E-state index < -0.39 is 0 Å². The zero-order valence-corrected chi connectivity index (χ0v) is 13.2. The Kier molecular flexibility index (Phi) is 6.65. The molecule has 2 N–H and O–H groups in total. The Balaban J connectivity index is 0.00000220. The molecule has 0 unspecified atom stereocenters. The summed E-state index contributed by atoms with van der Waals surface area (Å²) in [5, 5.41) is 6.07. The quantitative estimate of drug-likeness (QED) is 0.857. The SMILES string of the molecule is CCN(C)C(=O)c1cccc(C(=O)NCC2CNC2)c1.Cl. The highest BCUT2D eigenvalue weighted by atomic mass is 35.5. The summed E-state index contributed by atoms with van der Waals surface area (Å²) in [6, 6.07) is 6.87. The van der Waals surface area contributed by atoms with Gasteiger partial charge in [0.25, 0.3) is 11.8 Å². The van der Waals surface area contributed by atoms with Crippen LogP contribution in [0.15, 0.2) is 24.3 Å². The van der Waals surface area contributed by atoms with Gasteiger partial charge in [0, 0.05) is 50.3 Å². The first-order valence-electron chi connectivity index (χ1n) is 6.96. The Bertz CT molecular complexity index is 503. The third kappa shape index (κ3) is 4.44. The van der Waals surface area contributed by atoms with Crippen molar-refractivity contribution < 1.29 is 9.59 Å². The number of nitrogens with zero attached hydrogens (tertiary/aromatic N) is 1. The molecule has 5 nitrogen and oxygen atoms in total. The minimum atomic E-state index is -0.120. The van der Waals surface area contributed by atoms with Crippen LogP contribution >= 0.6 is 12.4 Å². The molecule has 1 aromatic carbocycles. The average Bonchev–Trinajstić information content (AvgIpc) is 2.44. The van der Waals surface area contributed by atoms with Crippen molar-refractivity contribution in [3.05, 3.63) is 35.4 Å². The van der Waals surface area contributed by atoms with E-state index >= 15 is 0 Å². The van der Waals surface area contributed by atoms with Gasteiger partial charge in [-0.15, -0.1) is 12.4 Å². The van der Waals surface area contributed by atoms with Crippen molar-refractivity contribution in [3.8, 4) is 0 Å². The van der Waals surface area contributed by atoms with E-state index in [0.29, 0.717) is 30.1 Å². The second-order valence-corrected chi connectivity index (χ2v) is 5.13.